The maximum Gasteiger partial charge on any atom is 0.0994 e. The molecule has 3 aliphatic rings. The highest BCUT2D eigenvalue weighted by molar-refractivity contribution is 5.44. The summed E-state index contributed by atoms with van der Waals surface area (Å²) < 4.78 is 5.64. The quantitative estimate of drug-likeness (QED) is 0.116. The van der Waals surface area contributed by atoms with Crippen LogP contribution in [0.3, 0.4) is 0 Å². The van der Waals surface area contributed by atoms with E-state index >= 15 is 0 Å². The van der Waals surface area contributed by atoms with Crippen LogP contribution in [-0.2, 0) is 4.74 Å². The molecule has 0 radical (unpaired) electrons. The Kier molecular flexibility index (Phi) is 57.7. The van der Waals surface area contributed by atoms with Crippen LogP contribution >= 0.6 is 0 Å². The molecule has 3 nitrogen and oxygen atoms in total. The molecule has 1 fully saturated rings. The van der Waals surface area contributed by atoms with Gasteiger partial charge in [0.05, 0.1) is 13.3 Å². The molecule has 2 aliphatic carbocycles. The lowest BCUT2D eigenvalue weighted by Gasteiger charge is -2.29. The third-order valence-corrected chi connectivity index (χ3v) is 10.3. The van der Waals surface area contributed by atoms with Gasteiger partial charge in [-0.3, -0.25) is 4.90 Å². The molecule has 3 unspecified atom stereocenters. The van der Waals surface area contributed by atoms with E-state index in [1.165, 1.54) is 69.8 Å². The van der Waals surface area contributed by atoms with Gasteiger partial charge in [-0.05, 0) is 125 Å². The van der Waals surface area contributed by atoms with Crippen molar-refractivity contribution in [2.75, 3.05) is 19.9 Å². The van der Waals surface area contributed by atoms with Crippen molar-refractivity contribution < 1.29 is 4.74 Å². The smallest absolute Gasteiger partial charge is 0.0994 e. The second-order valence-corrected chi connectivity index (χ2v) is 15.2. The van der Waals surface area contributed by atoms with Crippen molar-refractivity contribution in [3.63, 3.8) is 0 Å². The van der Waals surface area contributed by atoms with E-state index < -0.39 is 0 Å². The van der Waals surface area contributed by atoms with E-state index in [0.717, 1.165) is 56.1 Å². The Balaban J connectivity index is -0.000000443. The standard InChI is InChI=1S/C39H58N2O.C6H8.C4H8.C3H8.C3H6.3C2H6/c1-8-10-16-32(5)40-33(6)23-21-31(4)38(9-2)39-20-14-12-11-13-17-36(39)24-22-30(3)34(7)35-18-15-19-37(26-25-35)41-27-28-42-29-41;1-3-5-6-4-2;1-3-4-2;2*1-3-2;3*1-2/h8,10,12,14,16,18,21,23,30,34,36-37,40H,1,4-6,9,11,13,15,17,19-20,22,24-29H2,2-3,7H3;3-6H,1-2H2;3H,1,4H2,2H3;3H2,1-2H3;3H,1H2,2H3;3*1-2H3/b14-12-,16-10-,23-21-,39-38+;6-5-;;;;;;/t30?,34-,36?,37?;;;;;;;/m1......./s1. The second kappa shape index (κ2) is 53.4. The molecule has 0 bridgehead atoms. The highest BCUT2D eigenvalue weighted by Gasteiger charge is 2.27. The first-order valence-electron chi connectivity index (χ1n) is 25.3. The second-order valence-electron chi connectivity index (χ2n) is 15.2. The molecule has 0 amide bonds. The van der Waals surface area contributed by atoms with Gasteiger partial charge < -0.3 is 10.1 Å². The molecule has 1 aliphatic heterocycles. The molecule has 0 aromatic rings. The molecule has 1 saturated heterocycles. The van der Waals surface area contributed by atoms with E-state index in [1.54, 1.807) is 35.5 Å². The average Bonchev–Trinajstić information content (AvgIpc) is 3.74. The van der Waals surface area contributed by atoms with Crippen molar-refractivity contribution in [1.29, 1.82) is 0 Å². The summed E-state index contributed by atoms with van der Waals surface area (Å²) in [6.07, 6.45) is 43.4. The van der Waals surface area contributed by atoms with Crippen molar-refractivity contribution in [3.8, 4) is 0 Å². The van der Waals surface area contributed by atoms with Gasteiger partial charge in [-0.2, -0.15) is 0 Å². The van der Waals surface area contributed by atoms with Crippen LogP contribution in [0.4, 0.5) is 0 Å². The van der Waals surface area contributed by atoms with Crippen molar-refractivity contribution in [2.24, 2.45) is 17.8 Å². The third-order valence-electron chi connectivity index (χ3n) is 10.3. The largest absolute Gasteiger partial charge is 0.365 e. The van der Waals surface area contributed by atoms with Crippen LogP contribution in [0.1, 0.15) is 173 Å². The Labute approximate surface area is 401 Å². The number of allylic oxidation sites excluding steroid dienone is 18. The van der Waals surface area contributed by atoms with Gasteiger partial charge in [-0.15, -0.1) is 13.2 Å². The van der Waals surface area contributed by atoms with Gasteiger partial charge in [-0.1, -0.05) is 213 Å². The highest BCUT2D eigenvalue weighted by atomic mass is 16.5. The van der Waals surface area contributed by atoms with Crippen LogP contribution in [-0.4, -0.2) is 30.8 Å². The first-order valence-corrected chi connectivity index (χ1v) is 25.3. The summed E-state index contributed by atoms with van der Waals surface area (Å²) in [7, 11) is 0. The zero-order valence-electron chi connectivity index (χ0n) is 44.7. The minimum atomic E-state index is 0.623. The molecular formula is C61H106N2O. The van der Waals surface area contributed by atoms with Gasteiger partial charge in [0.2, 0.25) is 0 Å². The Morgan fingerprint density at radius 2 is 1.36 bits per heavy atom. The Morgan fingerprint density at radius 3 is 1.86 bits per heavy atom. The maximum absolute atomic E-state index is 5.64. The predicted molar refractivity (Wildman–Crippen MR) is 299 cm³/mol. The molecule has 4 atom stereocenters. The van der Waals surface area contributed by atoms with Crippen LogP contribution < -0.4 is 5.32 Å². The summed E-state index contributed by atoms with van der Waals surface area (Å²) in [5.74, 6) is 1.96. The van der Waals surface area contributed by atoms with Crippen LogP contribution in [0.5, 0.6) is 0 Å². The molecule has 1 heterocycles. The SMILES string of the molecule is C=C/C=C\C(=C)NC(=C)/C=C\C(=C)/C(CC)=C1\C/C=C\CCCC1CCC(C)[C@@H](C)C1=CCCC(N2CCOC2)CC1.C=C/C=C\C=C.C=CC.C=CCC.CC.CC.CC.CCC. The zero-order valence-corrected chi connectivity index (χ0v) is 44.7. The van der Waals surface area contributed by atoms with E-state index in [1.807, 2.05) is 84.9 Å². The number of nitrogens with zero attached hydrogens (tertiary/aromatic N) is 1. The van der Waals surface area contributed by atoms with Crippen LogP contribution in [0.25, 0.3) is 0 Å². The number of ether oxygens (including phenoxy) is 1. The first-order chi connectivity index (χ1) is 31.0. The molecule has 0 saturated carbocycles. The molecular weight excluding hydrogens is 777 g/mol. The molecule has 3 heteroatoms. The minimum Gasteiger partial charge on any atom is -0.365 e. The molecule has 366 valence electrons. The fourth-order valence-corrected chi connectivity index (χ4v) is 7.05. The normalized spacial score (nSPS) is 18.8. The molecule has 0 aromatic heterocycles. The summed E-state index contributed by atoms with van der Waals surface area (Å²) in [6, 6.07) is 0.690. The van der Waals surface area contributed by atoms with E-state index in [4.69, 9.17) is 4.74 Å². The highest BCUT2D eigenvalue weighted by Crippen LogP contribution is 2.38. The van der Waals surface area contributed by atoms with Crippen molar-refractivity contribution >= 4 is 0 Å². The molecule has 0 spiro atoms. The van der Waals surface area contributed by atoms with Gasteiger partial charge in [0.15, 0.2) is 0 Å². The van der Waals surface area contributed by atoms with Crippen LogP contribution in [0.15, 0.2) is 171 Å². The average molecular weight is 884 g/mol. The van der Waals surface area contributed by atoms with E-state index in [-0.39, 0.29) is 0 Å². The van der Waals surface area contributed by atoms with Gasteiger partial charge in [0, 0.05) is 24.0 Å². The molecule has 0 aromatic carbocycles. The topological polar surface area (TPSA) is 24.5 Å². The lowest BCUT2D eigenvalue weighted by molar-refractivity contribution is 0.108. The molecule has 3 rings (SSSR count). The Morgan fingerprint density at radius 1 is 0.797 bits per heavy atom. The van der Waals surface area contributed by atoms with Crippen molar-refractivity contribution in [3.05, 3.63) is 171 Å². The van der Waals surface area contributed by atoms with Gasteiger partial charge in [0.1, 0.15) is 0 Å². The lowest BCUT2D eigenvalue weighted by atomic mass is 9.77. The van der Waals surface area contributed by atoms with E-state index in [2.05, 4.69) is 129 Å². The number of hydrogen-bond acceptors (Lipinski definition) is 3. The van der Waals surface area contributed by atoms with E-state index in [9.17, 15) is 0 Å². The van der Waals surface area contributed by atoms with Crippen LogP contribution in [0, 0.1) is 17.8 Å². The summed E-state index contributed by atoms with van der Waals surface area (Å²) in [6.45, 7) is 60.5. The Bertz CT molecular complexity index is 1360. The lowest BCUT2D eigenvalue weighted by Crippen LogP contribution is -2.32. The molecule has 1 N–H and O–H groups in total. The third kappa shape index (κ3) is 37.5. The minimum absolute atomic E-state index is 0.623. The van der Waals surface area contributed by atoms with Gasteiger partial charge >= 0.3 is 0 Å². The first kappa shape index (κ1) is 69.1. The Hall–Kier alpha value is -3.92. The van der Waals surface area contributed by atoms with Gasteiger partial charge in [0.25, 0.3) is 0 Å². The monoisotopic (exact) mass is 883 g/mol. The van der Waals surface area contributed by atoms with Gasteiger partial charge in [-0.25, -0.2) is 0 Å². The van der Waals surface area contributed by atoms with Crippen LogP contribution in [0.2, 0.25) is 0 Å². The number of hydrogen-bond donors (Lipinski definition) is 1. The summed E-state index contributed by atoms with van der Waals surface area (Å²) >= 11 is 0. The molecule has 64 heavy (non-hydrogen) atoms. The summed E-state index contributed by atoms with van der Waals surface area (Å²) in [5.41, 5.74) is 7.42. The fraction of sp³-hybridized carbons (Fsp3) is 0.541. The van der Waals surface area contributed by atoms with E-state index in [0.29, 0.717) is 23.8 Å². The maximum atomic E-state index is 5.64. The number of rotatable bonds is 17. The fourth-order valence-electron chi connectivity index (χ4n) is 7.05. The summed E-state index contributed by atoms with van der Waals surface area (Å²) in [4.78, 5) is 2.56. The summed E-state index contributed by atoms with van der Waals surface area (Å²) in [5, 5.41) is 3.23. The zero-order chi connectivity index (χ0) is 50.0. The van der Waals surface area contributed by atoms with Crippen molar-refractivity contribution in [1.82, 2.24) is 10.2 Å². The predicted octanol–water partition coefficient (Wildman–Crippen LogP) is 19.3. The van der Waals surface area contributed by atoms with Crippen molar-refractivity contribution in [2.45, 2.75) is 180 Å². The number of nitrogens with one attached hydrogen (secondary N) is 1.